The van der Waals surface area contributed by atoms with Gasteiger partial charge in [-0.05, 0) is 50.5 Å². The van der Waals surface area contributed by atoms with Gasteiger partial charge in [-0.1, -0.05) is 18.2 Å². The molecule has 3 heterocycles. The third-order valence-corrected chi connectivity index (χ3v) is 6.06. The smallest absolute Gasteiger partial charge is 0.370 e. The van der Waals surface area contributed by atoms with Crippen LogP contribution in [-0.4, -0.2) is 45.2 Å². The first-order valence-electron chi connectivity index (χ1n) is 11.2. The molecule has 35 heavy (non-hydrogen) atoms. The summed E-state index contributed by atoms with van der Waals surface area (Å²) in [6, 6.07) is 12.3. The molecule has 0 aliphatic carbocycles. The van der Waals surface area contributed by atoms with E-state index in [9.17, 15) is 22.8 Å². The Morgan fingerprint density at radius 2 is 1.91 bits per heavy atom. The number of nitrogens with one attached hydrogen (secondary N) is 2. The number of carbonyl (C=O) groups excluding carboxylic acids is 1. The summed E-state index contributed by atoms with van der Waals surface area (Å²) in [5.41, 5.74) is 1.37. The molecule has 186 valence electrons. The molecule has 1 saturated heterocycles. The minimum absolute atomic E-state index is 0.0203. The van der Waals surface area contributed by atoms with Crippen LogP contribution in [0.4, 0.5) is 24.7 Å². The number of hydrogen-bond acceptors (Lipinski definition) is 5. The highest BCUT2D eigenvalue weighted by Gasteiger charge is 2.45. The molecule has 2 aromatic heterocycles. The van der Waals surface area contributed by atoms with Crippen molar-refractivity contribution in [1.29, 1.82) is 0 Å². The largest absolute Gasteiger partial charge is 0.414 e. The Balaban J connectivity index is 1.35. The number of benzene rings is 1. The second-order valence-corrected chi connectivity index (χ2v) is 8.40. The van der Waals surface area contributed by atoms with Crippen molar-refractivity contribution >= 4 is 17.4 Å². The summed E-state index contributed by atoms with van der Waals surface area (Å²) in [5.74, 6) is 0.00172. The summed E-state index contributed by atoms with van der Waals surface area (Å²) in [7, 11) is 1.74. The van der Waals surface area contributed by atoms with Gasteiger partial charge in [-0.15, -0.1) is 0 Å². The molecule has 0 bridgehead atoms. The molecule has 2 atom stereocenters. The Kier molecular flexibility index (Phi) is 6.97. The Labute approximate surface area is 199 Å². The van der Waals surface area contributed by atoms with E-state index in [1.54, 1.807) is 42.9 Å². The van der Waals surface area contributed by atoms with Crippen LogP contribution in [0.15, 0.2) is 53.5 Å². The van der Waals surface area contributed by atoms with Crippen LogP contribution in [0.25, 0.3) is 5.69 Å². The highest BCUT2D eigenvalue weighted by atomic mass is 19.4. The molecule has 2 N–H and O–H groups in total. The van der Waals surface area contributed by atoms with Crippen molar-refractivity contribution in [2.45, 2.75) is 44.6 Å². The molecule has 1 fully saturated rings. The maximum Gasteiger partial charge on any atom is 0.414 e. The van der Waals surface area contributed by atoms with E-state index >= 15 is 0 Å². The highest BCUT2D eigenvalue weighted by molar-refractivity contribution is 6.04. The van der Waals surface area contributed by atoms with E-state index < -0.39 is 24.3 Å². The molecule has 0 radical (unpaired) electrons. The second kappa shape index (κ2) is 9.95. The van der Waals surface area contributed by atoms with Crippen LogP contribution in [0.1, 0.15) is 35.3 Å². The minimum atomic E-state index is -4.33. The van der Waals surface area contributed by atoms with Crippen LogP contribution < -0.4 is 16.2 Å². The maximum absolute atomic E-state index is 13.0. The van der Waals surface area contributed by atoms with Gasteiger partial charge in [0.15, 0.2) is 6.10 Å². The third-order valence-electron chi connectivity index (χ3n) is 6.06. The number of alkyl halides is 3. The molecule has 8 nitrogen and oxygen atoms in total. The number of halogens is 3. The molecule has 11 heteroatoms. The maximum atomic E-state index is 13.0. The SMILES string of the molecule is Cc1c(NC(=O)c2ccc(NCCC3CCC(C(F)(F)F)O3)nc2)c(=O)n(-c2ccccc2)n1C. The molecule has 1 aliphatic heterocycles. The van der Waals surface area contributed by atoms with Gasteiger partial charge in [0, 0.05) is 19.8 Å². The Morgan fingerprint density at radius 1 is 1.17 bits per heavy atom. The molecule has 0 saturated carbocycles. The molecular weight excluding hydrogens is 463 g/mol. The van der Waals surface area contributed by atoms with Crippen molar-refractivity contribution in [3.8, 4) is 5.69 Å². The van der Waals surface area contributed by atoms with Crippen LogP contribution in [0.3, 0.4) is 0 Å². The van der Waals surface area contributed by atoms with E-state index in [1.165, 1.54) is 10.9 Å². The second-order valence-electron chi connectivity index (χ2n) is 8.40. The highest BCUT2D eigenvalue weighted by Crippen LogP contribution is 2.34. The lowest BCUT2D eigenvalue weighted by Crippen LogP contribution is -2.29. The van der Waals surface area contributed by atoms with Crippen LogP contribution in [0.2, 0.25) is 0 Å². The number of nitrogens with zero attached hydrogens (tertiary/aromatic N) is 3. The van der Waals surface area contributed by atoms with Crippen molar-refractivity contribution in [2.24, 2.45) is 7.05 Å². The predicted molar refractivity (Wildman–Crippen MR) is 125 cm³/mol. The number of aromatic nitrogens is 3. The molecule has 4 rings (SSSR count). The predicted octanol–water partition coefficient (Wildman–Crippen LogP) is 4.04. The Morgan fingerprint density at radius 3 is 2.54 bits per heavy atom. The molecule has 0 spiro atoms. The van der Waals surface area contributed by atoms with Gasteiger partial charge >= 0.3 is 6.18 Å². The monoisotopic (exact) mass is 489 g/mol. The summed E-state index contributed by atoms with van der Waals surface area (Å²) in [5, 5.41) is 5.71. The number of pyridine rings is 1. The number of amides is 1. The number of hydrogen-bond donors (Lipinski definition) is 2. The van der Waals surface area contributed by atoms with E-state index in [-0.39, 0.29) is 23.2 Å². The average molecular weight is 489 g/mol. The number of ether oxygens (including phenoxy) is 1. The molecule has 1 amide bonds. The van der Waals surface area contributed by atoms with E-state index in [2.05, 4.69) is 15.6 Å². The molecule has 1 aromatic carbocycles. The molecule has 1 aliphatic rings. The van der Waals surface area contributed by atoms with Crippen LogP contribution in [0.5, 0.6) is 0 Å². The van der Waals surface area contributed by atoms with Gasteiger partial charge in [0.25, 0.3) is 11.5 Å². The number of carbonyl (C=O) groups is 1. The van der Waals surface area contributed by atoms with Gasteiger partial charge in [0.1, 0.15) is 11.5 Å². The topological polar surface area (TPSA) is 90.2 Å². The summed E-state index contributed by atoms with van der Waals surface area (Å²) in [6.07, 6.45) is -4.33. The van der Waals surface area contributed by atoms with Crippen molar-refractivity contribution in [3.63, 3.8) is 0 Å². The number of anilines is 2. The van der Waals surface area contributed by atoms with E-state index in [0.717, 1.165) is 0 Å². The lowest BCUT2D eigenvalue weighted by molar-refractivity contribution is -0.214. The van der Waals surface area contributed by atoms with E-state index in [1.807, 2.05) is 18.2 Å². The van der Waals surface area contributed by atoms with Crippen molar-refractivity contribution < 1.29 is 22.7 Å². The Bertz CT molecular complexity index is 1240. The van der Waals surface area contributed by atoms with Crippen molar-refractivity contribution in [1.82, 2.24) is 14.3 Å². The quantitative estimate of drug-likeness (QED) is 0.523. The van der Waals surface area contributed by atoms with Gasteiger partial charge in [0.2, 0.25) is 0 Å². The van der Waals surface area contributed by atoms with Crippen molar-refractivity contribution in [3.05, 3.63) is 70.3 Å². The van der Waals surface area contributed by atoms with Crippen molar-refractivity contribution in [2.75, 3.05) is 17.2 Å². The van der Waals surface area contributed by atoms with Gasteiger partial charge in [-0.3, -0.25) is 14.3 Å². The molecule has 3 aromatic rings. The van der Waals surface area contributed by atoms with Gasteiger partial charge < -0.3 is 15.4 Å². The zero-order valence-electron chi connectivity index (χ0n) is 19.3. The fraction of sp³-hybridized carbons (Fsp3) is 0.375. The van der Waals surface area contributed by atoms with Gasteiger partial charge in [0.05, 0.1) is 23.0 Å². The van der Waals surface area contributed by atoms with E-state index in [0.29, 0.717) is 36.6 Å². The first kappa shape index (κ1) is 24.5. The first-order chi connectivity index (χ1) is 16.6. The average Bonchev–Trinajstić information content (AvgIpc) is 3.39. The van der Waals surface area contributed by atoms with Crippen LogP contribution >= 0.6 is 0 Å². The normalized spacial score (nSPS) is 18.0. The summed E-state index contributed by atoms with van der Waals surface area (Å²) in [4.78, 5) is 29.9. The van der Waals surface area contributed by atoms with Crippen LogP contribution in [0, 0.1) is 6.92 Å². The van der Waals surface area contributed by atoms with Crippen LogP contribution in [-0.2, 0) is 11.8 Å². The lowest BCUT2D eigenvalue weighted by Gasteiger charge is -2.16. The number of para-hydroxylation sites is 1. The Hall–Kier alpha value is -3.60. The summed E-state index contributed by atoms with van der Waals surface area (Å²) < 4.78 is 46.3. The number of rotatable bonds is 7. The third kappa shape index (κ3) is 5.40. The molecular formula is C24H26F3N5O3. The fourth-order valence-corrected chi connectivity index (χ4v) is 4.05. The fourth-order valence-electron chi connectivity index (χ4n) is 4.05. The summed E-state index contributed by atoms with van der Waals surface area (Å²) in [6.45, 7) is 2.13. The lowest BCUT2D eigenvalue weighted by atomic mass is 10.1. The molecule has 2 unspecified atom stereocenters. The zero-order chi connectivity index (χ0) is 25.2. The van der Waals surface area contributed by atoms with Gasteiger partial charge in [-0.25, -0.2) is 9.67 Å². The first-order valence-corrected chi connectivity index (χ1v) is 11.2. The zero-order valence-corrected chi connectivity index (χ0v) is 19.3. The minimum Gasteiger partial charge on any atom is -0.370 e. The van der Waals surface area contributed by atoms with Gasteiger partial charge in [-0.2, -0.15) is 13.2 Å². The van der Waals surface area contributed by atoms with E-state index in [4.69, 9.17) is 4.74 Å². The summed E-state index contributed by atoms with van der Waals surface area (Å²) >= 11 is 0. The standard InChI is InChI=1S/C24H26F3N5O3/c1-15-21(23(34)32(31(15)2)17-6-4-3-5-7-17)30-22(33)16-8-11-20(29-14-16)28-13-12-18-9-10-19(35-18)24(25,26)27/h3-8,11,14,18-19H,9-10,12-13H2,1-2H3,(H,28,29)(H,30,33).